The van der Waals surface area contributed by atoms with E-state index in [1.807, 2.05) is 25.2 Å². The number of hydrogen-bond acceptors (Lipinski definition) is 2. The van der Waals surface area contributed by atoms with E-state index in [0.29, 0.717) is 12.4 Å². The van der Waals surface area contributed by atoms with Crippen molar-refractivity contribution >= 4 is 10.9 Å². The molecule has 1 aromatic heterocycles. The lowest BCUT2D eigenvalue weighted by atomic mass is 10.2. The minimum absolute atomic E-state index is 0.169. The maximum absolute atomic E-state index is 9.68. The molecular weight excluding hydrogens is 238 g/mol. The zero-order chi connectivity index (χ0) is 13.2. The first-order valence-corrected chi connectivity index (χ1v) is 6.19. The predicted octanol–water partition coefficient (Wildman–Crippen LogP) is 3.46. The summed E-state index contributed by atoms with van der Waals surface area (Å²) in [6, 6.07) is 15.2. The van der Waals surface area contributed by atoms with Crippen molar-refractivity contribution in [2.24, 2.45) is 7.05 Å². The first-order chi connectivity index (χ1) is 9.25. The van der Waals surface area contributed by atoms with Crippen molar-refractivity contribution in [3.05, 3.63) is 60.3 Å². The van der Waals surface area contributed by atoms with Gasteiger partial charge in [0.1, 0.15) is 6.61 Å². The van der Waals surface area contributed by atoms with Crippen molar-refractivity contribution in [1.29, 1.82) is 0 Å². The Balaban J connectivity index is 1.88. The molecule has 0 radical (unpaired) electrons. The standard InChI is InChI=1S/C16H15NO2/c1-17-10-12(13-6-2-3-7-14(13)17)11-19-16-9-5-4-8-15(16)18/h2-10,18H,11H2,1H3. The van der Waals surface area contributed by atoms with E-state index in [2.05, 4.69) is 22.9 Å². The number of hydrogen-bond donors (Lipinski definition) is 1. The molecule has 0 aliphatic carbocycles. The molecule has 3 heteroatoms. The molecule has 0 aliphatic heterocycles. The summed E-state index contributed by atoms with van der Waals surface area (Å²) in [6.45, 7) is 0.443. The van der Waals surface area contributed by atoms with E-state index in [1.165, 1.54) is 10.9 Å². The third kappa shape index (κ3) is 2.15. The van der Waals surface area contributed by atoms with Crippen LogP contribution in [0.3, 0.4) is 0 Å². The molecular formula is C16H15NO2. The third-order valence-electron chi connectivity index (χ3n) is 3.23. The molecule has 0 atom stereocenters. The molecule has 96 valence electrons. The highest BCUT2D eigenvalue weighted by Crippen LogP contribution is 2.27. The second-order valence-electron chi connectivity index (χ2n) is 4.54. The third-order valence-corrected chi connectivity index (χ3v) is 3.23. The van der Waals surface area contributed by atoms with Gasteiger partial charge in [0.15, 0.2) is 11.5 Å². The Labute approximate surface area is 111 Å². The Hall–Kier alpha value is -2.42. The minimum atomic E-state index is 0.169. The maximum Gasteiger partial charge on any atom is 0.161 e. The van der Waals surface area contributed by atoms with Gasteiger partial charge in [0.05, 0.1) is 0 Å². The normalized spacial score (nSPS) is 10.8. The summed E-state index contributed by atoms with van der Waals surface area (Å²) >= 11 is 0. The number of benzene rings is 2. The smallest absolute Gasteiger partial charge is 0.161 e. The predicted molar refractivity (Wildman–Crippen MR) is 75.4 cm³/mol. The van der Waals surface area contributed by atoms with Crippen LogP contribution >= 0.6 is 0 Å². The van der Waals surface area contributed by atoms with Crippen molar-refractivity contribution in [2.75, 3.05) is 0 Å². The van der Waals surface area contributed by atoms with Gasteiger partial charge in [0, 0.05) is 29.7 Å². The molecule has 19 heavy (non-hydrogen) atoms. The van der Waals surface area contributed by atoms with Crippen LogP contribution in [-0.2, 0) is 13.7 Å². The summed E-state index contributed by atoms with van der Waals surface area (Å²) < 4.78 is 7.76. The number of aromatic hydroxyl groups is 1. The van der Waals surface area contributed by atoms with Crippen molar-refractivity contribution < 1.29 is 9.84 Å². The highest BCUT2D eigenvalue weighted by atomic mass is 16.5. The molecule has 3 aromatic rings. The van der Waals surface area contributed by atoms with Crippen LogP contribution in [0.25, 0.3) is 10.9 Å². The van der Waals surface area contributed by atoms with Gasteiger partial charge in [-0.1, -0.05) is 30.3 Å². The summed E-state index contributed by atoms with van der Waals surface area (Å²) in [7, 11) is 2.02. The lowest BCUT2D eigenvalue weighted by Gasteiger charge is -2.06. The Bertz CT molecular complexity index is 716. The van der Waals surface area contributed by atoms with E-state index in [-0.39, 0.29) is 5.75 Å². The SMILES string of the molecule is Cn1cc(COc2ccccc2O)c2ccccc21. The van der Waals surface area contributed by atoms with Crippen LogP contribution in [0.4, 0.5) is 0 Å². The van der Waals surface area contributed by atoms with Crippen LogP contribution in [0.5, 0.6) is 11.5 Å². The molecule has 3 nitrogen and oxygen atoms in total. The minimum Gasteiger partial charge on any atom is -0.504 e. The number of fused-ring (bicyclic) bond motifs is 1. The number of rotatable bonds is 3. The summed E-state index contributed by atoms with van der Waals surface area (Å²) in [5.74, 6) is 0.679. The van der Waals surface area contributed by atoms with Gasteiger partial charge in [0.25, 0.3) is 0 Å². The lowest BCUT2D eigenvalue weighted by Crippen LogP contribution is -1.94. The van der Waals surface area contributed by atoms with Crippen molar-refractivity contribution in [2.45, 2.75) is 6.61 Å². The molecule has 0 saturated heterocycles. The van der Waals surface area contributed by atoms with Crippen LogP contribution in [0.15, 0.2) is 54.7 Å². The zero-order valence-electron chi connectivity index (χ0n) is 10.7. The lowest BCUT2D eigenvalue weighted by molar-refractivity contribution is 0.290. The molecule has 0 fully saturated rings. The van der Waals surface area contributed by atoms with Gasteiger partial charge in [0.2, 0.25) is 0 Å². The second-order valence-corrected chi connectivity index (χ2v) is 4.54. The highest BCUT2D eigenvalue weighted by Gasteiger charge is 2.07. The van der Waals surface area contributed by atoms with Gasteiger partial charge >= 0.3 is 0 Å². The van der Waals surface area contributed by atoms with Crippen LogP contribution in [0.1, 0.15) is 5.56 Å². The van der Waals surface area contributed by atoms with E-state index in [4.69, 9.17) is 4.74 Å². The van der Waals surface area contributed by atoms with Gasteiger partial charge in [-0.2, -0.15) is 0 Å². The Morgan fingerprint density at radius 2 is 1.79 bits per heavy atom. The number of aryl methyl sites for hydroxylation is 1. The average Bonchev–Trinajstić information content (AvgIpc) is 2.75. The summed E-state index contributed by atoms with van der Waals surface area (Å²) in [6.07, 6.45) is 2.06. The summed E-state index contributed by atoms with van der Waals surface area (Å²) in [5, 5.41) is 10.9. The van der Waals surface area contributed by atoms with E-state index in [1.54, 1.807) is 18.2 Å². The quantitative estimate of drug-likeness (QED) is 0.775. The van der Waals surface area contributed by atoms with Gasteiger partial charge in [-0.25, -0.2) is 0 Å². The Morgan fingerprint density at radius 1 is 1.05 bits per heavy atom. The van der Waals surface area contributed by atoms with Gasteiger partial charge in [-0.05, 0) is 18.2 Å². The first-order valence-electron chi connectivity index (χ1n) is 6.19. The van der Waals surface area contributed by atoms with Crippen molar-refractivity contribution in [1.82, 2.24) is 4.57 Å². The summed E-state index contributed by atoms with van der Waals surface area (Å²) in [5.41, 5.74) is 2.29. The fraction of sp³-hybridized carbons (Fsp3) is 0.125. The molecule has 3 rings (SSSR count). The molecule has 2 aromatic carbocycles. The average molecular weight is 253 g/mol. The monoisotopic (exact) mass is 253 g/mol. The van der Waals surface area contributed by atoms with Crippen molar-refractivity contribution in [3.63, 3.8) is 0 Å². The number of phenolic OH excluding ortho intramolecular Hbond substituents is 1. The largest absolute Gasteiger partial charge is 0.504 e. The Kier molecular flexibility index (Phi) is 2.88. The number of aromatic nitrogens is 1. The van der Waals surface area contributed by atoms with Crippen LogP contribution in [0.2, 0.25) is 0 Å². The molecule has 0 spiro atoms. The fourth-order valence-electron chi connectivity index (χ4n) is 2.28. The number of nitrogens with zero attached hydrogens (tertiary/aromatic N) is 1. The number of phenols is 1. The topological polar surface area (TPSA) is 34.4 Å². The molecule has 1 N–H and O–H groups in total. The molecule has 1 heterocycles. The number of para-hydroxylation sites is 3. The first kappa shape index (κ1) is 11.7. The molecule has 0 unspecified atom stereocenters. The van der Waals surface area contributed by atoms with E-state index < -0.39 is 0 Å². The molecule has 0 saturated carbocycles. The number of ether oxygens (including phenoxy) is 1. The Morgan fingerprint density at radius 3 is 2.63 bits per heavy atom. The van der Waals surface area contributed by atoms with Crippen LogP contribution in [-0.4, -0.2) is 9.67 Å². The van der Waals surface area contributed by atoms with Crippen LogP contribution < -0.4 is 4.74 Å². The maximum atomic E-state index is 9.68. The highest BCUT2D eigenvalue weighted by molar-refractivity contribution is 5.83. The molecule has 0 aliphatic rings. The van der Waals surface area contributed by atoms with Gasteiger partial charge in [-0.3, -0.25) is 0 Å². The molecule has 0 amide bonds. The zero-order valence-corrected chi connectivity index (χ0v) is 10.7. The van der Waals surface area contributed by atoms with E-state index in [0.717, 1.165) is 5.56 Å². The fourth-order valence-corrected chi connectivity index (χ4v) is 2.28. The molecule has 0 bridgehead atoms. The second kappa shape index (κ2) is 4.69. The van der Waals surface area contributed by atoms with E-state index >= 15 is 0 Å². The summed E-state index contributed by atoms with van der Waals surface area (Å²) in [4.78, 5) is 0. The van der Waals surface area contributed by atoms with Gasteiger partial charge < -0.3 is 14.4 Å². The van der Waals surface area contributed by atoms with Crippen molar-refractivity contribution in [3.8, 4) is 11.5 Å². The van der Waals surface area contributed by atoms with Crippen LogP contribution in [0, 0.1) is 0 Å². The van der Waals surface area contributed by atoms with E-state index in [9.17, 15) is 5.11 Å². The van der Waals surface area contributed by atoms with Gasteiger partial charge in [-0.15, -0.1) is 0 Å².